The molecular weight excluding hydrogens is 641 g/mol. The predicted octanol–water partition coefficient (Wildman–Crippen LogP) is 12.3. The van der Waals surface area contributed by atoms with E-state index in [-0.39, 0.29) is 0 Å². The molecule has 10 rings (SSSR count). The standard InChI is InChI=1S/C46H28N4S/c1-3-13-29(14-4-1)44-48-45(30-15-5-2-6-16-30)50-46(49-44)32-18-11-17-31(25-32)39-26-33(27-40-37-21-9-10-23-42(37)51-43(39)40)38-28-41-36(22-12-24-47-41)34-19-7-8-20-35(34)38/h1-28H. The van der Waals surface area contributed by atoms with E-state index in [9.17, 15) is 0 Å². The van der Waals surface area contributed by atoms with E-state index in [0.717, 1.165) is 38.7 Å². The lowest BCUT2D eigenvalue weighted by Gasteiger charge is -2.14. The number of rotatable bonds is 5. The molecule has 0 amide bonds. The molecule has 10 aromatic rings. The third-order valence-electron chi connectivity index (χ3n) is 9.55. The van der Waals surface area contributed by atoms with E-state index in [4.69, 9.17) is 19.9 Å². The highest BCUT2D eigenvalue weighted by molar-refractivity contribution is 7.26. The van der Waals surface area contributed by atoms with Crippen molar-refractivity contribution < 1.29 is 0 Å². The maximum absolute atomic E-state index is 5.03. The van der Waals surface area contributed by atoms with E-state index >= 15 is 0 Å². The first-order valence-electron chi connectivity index (χ1n) is 17.0. The summed E-state index contributed by atoms with van der Waals surface area (Å²) in [6, 6.07) is 57.4. The highest BCUT2D eigenvalue weighted by Gasteiger charge is 2.18. The summed E-state index contributed by atoms with van der Waals surface area (Å²) in [5, 5.41) is 6.09. The zero-order chi connectivity index (χ0) is 33.7. The average molecular weight is 669 g/mol. The second-order valence-corrected chi connectivity index (χ2v) is 13.7. The molecule has 0 atom stereocenters. The molecule has 3 heterocycles. The van der Waals surface area contributed by atoms with Gasteiger partial charge in [0.1, 0.15) is 0 Å². The lowest BCUT2D eigenvalue weighted by Crippen LogP contribution is -2.00. The van der Waals surface area contributed by atoms with Crippen molar-refractivity contribution in [3.8, 4) is 56.4 Å². The van der Waals surface area contributed by atoms with Gasteiger partial charge in [0, 0.05) is 54.0 Å². The molecule has 0 N–H and O–H groups in total. The second kappa shape index (κ2) is 12.1. The van der Waals surface area contributed by atoms with Gasteiger partial charge in [-0.2, -0.15) is 0 Å². The minimum atomic E-state index is 0.639. The Kier molecular flexibility index (Phi) is 6.96. The van der Waals surface area contributed by atoms with Crippen LogP contribution in [0.1, 0.15) is 0 Å². The summed E-state index contributed by atoms with van der Waals surface area (Å²) in [7, 11) is 0. The van der Waals surface area contributed by atoms with Crippen LogP contribution in [0.4, 0.5) is 0 Å². The molecule has 0 radical (unpaired) electrons. The molecule has 0 aliphatic rings. The van der Waals surface area contributed by atoms with Crippen LogP contribution in [0.3, 0.4) is 0 Å². The molecular formula is C46H28N4S. The van der Waals surface area contributed by atoms with Gasteiger partial charge in [-0.1, -0.05) is 127 Å². The predicted molar refractivity (Wildman–Crippen MR) is 213 cm³/mol. The summed E-state index contributed by atoms with van der Waals surface area (Å²) in [4.78, 5) is 19.8. The molecule has 7 aromatic carbocycles. The second-order valence-electron chi connectivity index (χ2n) is 12.7. The van der Waals surface area contributed by atoms with E-state index in [0.29, 0.717) is 17.5 Å². The Morgan fingerprint density at radius 3 is 1.69 bits per heavy atom. The average Bonchev–Trinajstić information content (AvgIpc) is 3.59. The Labute approximate surface area is 298 Å². The van der Waals surface area contributed by atoms with Crippen LogP contribution in [-0.4, -0.2) is 19.9 Å². The van der Waals surface area contributed by atoms with Gasteiger partial charge in [-0.05, 0) is 63.9 Å². The number of fused-ring (bicyclic) bond motifs is 6. The van der Waals surface area contributed by atoms with Crippen molar-refractivity contribution in [2.45, 2.75) is 0 Å². The van der Waals surface area contributed by atoms with E-state index in [1.807, 2.05) is 84.3 Å². The van der Waals surface area contributed by atoms with Gasteiger partial charge < -0.3 is 0 Å². The van der Waals surface area contributed by atoms with E-state index in [1.165, 1.54) is 42.1 Å². The quantitative estimate of drug-likeness (QED) is 0.171. The van der Waals surface area contributed by atoms with Crippen molar-refractivity contribution in [2.24, 2.45) is 0 Å². The van der Waals surface area contributed by atoms with Gasteiger partial charge in [0.15, 0.2) is 17.5 Å². The Bertz CT molecular complexity index is 2860. The van der Waals surface area contributed by atoms with Crippen molar-refractivity contribution in [2.75, 3.05) is 0 Å². The van der Waals surface area contributed by atoms with Crippen LogP contribution in [0.15, 0.2) is 170 Å². The summed E-state index contributed by atoms with van der Waals surface area (Å²) < 4.78 is 2.52. The Morgan fingerprint density at radius 2 is 0.941 bits per heavy atom. The van der Waals surface area contributed by atoms with Crippen molar-refractivity contribution >= 4 is 53.2 Å². The fourth-order valence-electron chi connectivity index (χ4n) is 7.13. The topological polar surface area (TPSA) is 51.6 Å². The molecule has 4 nitrogen and oxygen atoms in total. The van der Waals surface area contributed by atoms with Crippen LogP contribution in [0.25, 0.3) is 98.3 Å². The first-order chi connectivity index (χ1) is 25.3. The molecule has 0 fully saturated rings. The number of thiophene rings is 1. The lowest BCUT2D eigenvalue weighted by atomic mass is 9.91. The fraction of sp³-hybridized carbons (Fsp3) is 0. The Morgan fingerprint density at radius 1 is 0.353 bits per heavy atom. The molecule has 5 heteroatoms. The number of pyridine rings is 1. The number of aromatic nitrogens is 4. The zero-order valence-electron chi connectivity index (χ0n) is 27.4. The molecule has 0 aliphatic heterocycles. The zero-order valence-corrected chi connectivity index (χ0v) is 28.2. The number of hydrogen-bond acceptors (Lipinski definition) is 5. The van der Waals surface area contributed by atoms with Crippen molar-refractivity contribution in [3.05, 3.63) is 170 Å². The summed E-state index contributed by atoms with van der Waals surface area (Å²) >= 11 is 1.84. The molecule has 238 valence electrons. The van der Waals surface area contributed by atoms with E-state index < -0.39 is 0 Å². The van der Waals surface area contributed by atoms with Crippen LogP contribution in [0, 0.1) is 0 Å². The Hall–Kier alpha value is -6.56. The van der Waals surface area contributed by atoms with Crippen LogP contribution in [-0.2, 0) is 0 Å². The van der Waals surface area contributed by atoms with Crippen molar-refractivity contribution in [1.82, 2.24) is 19.9 Å². The van der Waals surface area contributed by atoms with Gasteiger partial charge >= 0.3 is 0 Å². The summed E-state index contributed by atoms with van der Waals surface area (Å²) in [5.74, 6) is 1.94. The molecule has 51 heavy (non-hydrogen) atoms. The molecule has 0 bridgehead atoms. The summed E-state index contributed by atoms with van der Waals surface area (Å²) in [6.07, 6.45) is 1.88. The van der Waals surface area contributed by atoms with Gasteiger partial charge in [-0.3, -0.25) is 4.98 Å². The third-order valence-corrected chi connectivity index (χ3v) is 10.8. The summed E-state index contributed by atoms with van der Waals surface area (Å²) in [5.41, 5.74) is 8.44. The number of benzene rings is 7. The maximum Gasteiger partial charge on any atom is 0.164 e. The van der Waals surface area contributed by atoms with Crippen LogP contribution in [0.5, 0.6) is 0 Å². The molecule has 0 unspecified atom stereocenters. The number of nitrogens with zero attached hydrogens (tertiary/aromatic N) is 4. The SMILES string of the molecule is c1ccc(-c2nc(-c3ccccc3)nc(-c3cccc(-c4cc(-c5cc6ncccc6c6ccccc56)cc5c4sc4ccccc45)c3)n2)cc1. The van der Waals surface area contributed by atoms with Gasteiger partial charge in [0.05, 0.1) is 5.52 Å². The molecule has 3 aromatic heterocycles. The van der Waals surface area contributed by atoms with Gasteiger partial charge in [0.2, 0.25) is 0 Å². The van der Waals surface area contributed by atoms with E-state index in [2.05, 4.69) is 97.1 Å². The Balaban J connectivity index is 1.21. The third kappa shape index (κ3) is 5.14. The van der Waals surface area contributed by atoms with Crippen molar-refractivity contribution in [3.63, 3.8) is 0 Å². The van der Waals surface area contributed by atoms with E-state index in [1.54, 1.807) is 0 Å². The highest BCUT2D eigenvalue weighted by Crippen LogP contribution is 2.45. The normalized spacial score (nSPS) is 11.5. The maximum atomic E-state index is 5.03. The molecule has 0 saturated carbocycles. The first-order valence-corrected chi connectivity index (χ1v) is 17.8. The minimum Gasteiger partial charge on any atom is -0.256 e. The van der Waals surface area contributed by atoms with Crippen LogP contribution < -0.4 is 0 Å². The monoisotopic (exact) mass is 668 g/mol. The molecule has 0 spiro atoms. The lowest BCUT2D eigenvalue weighted by molar-refractivity contribution is 1.07. The molecule has 0 saturated heterocycles. The fourth-order valence-corrected chi connectivity index (χ4v) is 8.35. The van der Waals surface area contributed by atoms with Gasteiger partial charge in [-0.15, -0.1) is 11.3 Å². The molecule has 0 aliphatic carbocycles. The largest absolute Gasteiger partial charge is 0.256 e. The first kappa shape index (κ1) is 29.4. The van der Waals surface area contributed by atoms with Crippen LogP contribution in [0.2, 0.25) is 0 Å². The van der Waals surface area contributed by atoms with Crippen molar-refractivity contribution in [1.29, 1.82) is 0 Å². The van der Waals surface area contributed by atoms with Gasteiger partial charge in [0.25, 0.3) is 0 Å². The summed E-state index contributed by atoms with van der Waals surface area (Å²) in [6.45, 7) is 0. The highest BCUT2D eigenvalue weighted by atomic mass is 32.1. The minimum absolute atomic E-state index is 0.639. The number of hydrogen-bond donors (Lipinski definition) is 0. The smallest absolute Gasteiger partial charge is 0.164 e. The van der Waals surface area contributed by atoms with Crippen LogP contribution >= 0.6 is 11.3 Å². The van der Waals surface area contributed by atoms with Gasteiger partial charge in [-0.25, -0.2) is 15.0 Å².